The van der Waals surface area contributed by atoms with Crippen molar-refractivity contribution in [1.29, 1.82) is 0 Å². The van der Waals surface area contributed by atoms with Crippen LogP contribution in [0.5, 0.6) is 0 Å². The van der Waals surface area contributed by atoms with Crippen molar-refractivity contribution in [2.75, 3.05) is 0 Å². The fraction of sp³-hybridized carbons (Fsp3) is 0.0909. The topological polar surface area (TPSA) is 42.0 Å². The quantitative estimate of drug-likeness (QED) is 0.857. The lowest BCUT2D eigenvalue weighted by atomic mass is 10.2. The molecule has 0 aliphatic rings. The Morgan fingerprint density at radius 3 is 2.80 bits per heavy atom. The van der Waals surface area contributed by atoms with Gasteiger partial charge in [-0.3, -0.25) is 4.79 Å². The second-order valence-electron chi connectivity index (χ2n) is 3.01. The van der Waals surface area contributed by atoms with Crippen LogP contribution >= 0.6 is 11.3 Å². The molecule has 1 aromatic heterocycles. The maximum absolute atomic E-state index is 11.5. The molecule has 0 aliphatic heterocycles. The molecule has 0 atom stereocenters. The van der Waals surface area contributed by atoms with E-state index in [1.54, 1.807) is 11.6 Å². The lowest BCUT2D eigenvalue weighted by molar-refractivity contribution is 0.0950. The van der Waals surface area contributed by atoms with Crippen LogP contribution in [0.1, 0.15) is 15.4 Å². The molecule has 0 fully saturated rings. The number of rotatable bonds is 3. The minimum Gasteiger partial charge on any atom is -0.346 e. The number of benzene rings is 1. The highest BCUT2D eigenvalue weighted by Crippen LogP contribution is 2.04. The van der Waals surface area contributed by atoms with Gasteiger partial charge in [-0.15, -0.1) is 11.3 Å². The molecule has 76 valence electrons. The Labute approximate surface area is 91.8 Å². The summed E-state index contributed by atoms with van der Waals surface area (Å²) >= 11 is 1.34. The molecule has 0 saturated carbocycles. The van der Waals surface area contributed by atoms with Crippen molar-refractivity contribution in [1.82, 2.24) is 10.3 Å². The van der Waals surface area contributed by atoms with Gasteiger partial charge in [-0.1, -0.05) is 30.3 Å². The van der Waals surface area contributed by atoms with Crippen molar-refractivity contribution < 1.29 is 4.79 Å². The summed E-state index contributed by atoms with van der Waals surface area (Å²) in [5.74, 6) is -0.117. The molecule has 1 N–H and O–H groups in total. The fourth-order valence-corrected chi connectivity index (χ4v) is 1.74. The summed E-state index contributed by atoms with van der Waals surface area (Å²) in [4.78, 5) is 15.5. The van der Waals surface area contributed by atoms with E-state index in [0.717, 1.165) is 5.56 Å². The molecular weight excluding hydrogens is 208 g/mol. The molecule has 1 aromatic carbocycles. The lowest BCUT2D eigenvalue weighted by Gasteiger charge is -2.02. The van der Waals surface area contributed by atoms with E-state index in [9.17, 15) is 4.79 Å². The number of amides is 1. The first kappa shape index (κ1) is 9.86. The van der Waals surface area contributed by atoms with Crippen LogP contribution in [0.25, 0.3) is 0 Å². The first-order valence-electron chi connectivity index (χ1n) is 4.58. The third-order valence-electron chi connectivity index (χ3n) is 1.92. The van der Waals surface area contributed by atoms with Crippen LogP contribution in [0, 0.1) is 0 Å². The van der Waals surface area contributed by atoms with Gasteiger partial charge in [0.25, 0.3) is 5.91 Å². The molecule has 1 amide bonds. The van der Waals surface area contributed by atoms with Gasteiger partial charge < -0.3 is 5.32 Å². The summed E-state index contributed by atoms with van der Waals surface area (Å²) in [6, 6.07) is 9.80. The highest BCUT2D eigenvalue weighted by molar-refractivity contribution is 7.11. The van der Waals surface area contributed by atoms with E-state index in [1.165, 1.54) is 11.3 Å². The molecule has 15 heavy (non-hydrogen) atoms. The largest absolute Gasteiger partial charge is 0.346 e. The van der Waals surface area contributed by atoms with E-state index in [-0.39, 0.29) is 5.91 Å². The Balaban J connectivity index is 1.92. The van der Waals surface area contributed by atoms with E-state index >= 15 is 0 Å². The minimum atomic E-state index is -0.117. The van der Waals surface area contributed by atoms with Crippen molar-refractivity contribution in [3.63, 3.8) is 0 Å². The molecule has 0 radical (unpaired) electrons. The van der Waals surface area contributed by atoms with Gasteiger partial charge in [0.2, 0.25) is 0 Å². The second kappa shape index (κ2) is 4.70. The third kappa shape index (κ3) is 2.63. The van der Waals surface area contributed by atoms with Crippen molar-refractivity contribution in [2.24, 2.45) is 0 Å². The Bertz CT molecular complexity index is 425. The SMILES string of the molecule is O=C(NCc1ccccc1)c1nccs1. The Kier molecular flexibility index (Phi) is 3.09. The summed E-state index contributed by atoms with van der Waals surface area (Å²) in [5.41, 5.74) is 1.09. The molecule has 0 saturated heterocycles. The number of hydrogen-bond acceptors (Lipinski definition) is 3. The second-order valence-corrected chi connectivity index (χ2v) is 3.90. The van der Waals surface area contributed by atoms with Crippen molar-refractivity contribution in [2.45, 2.75) is 6.54 Å². The van der Waals surface area contributed by atoms with Gasteiger partial charge in [0.1, 0.15) is 0 Å². The van der Waals surface area contributed by atoms with E-state index in [0.29, 0.717) is 11.6 Å². The lowest BCUT2D eigenvalue weighted by Crippen LogP contribution is -2.22. The number of thiazole rings is 1. The van der Waals surface area contributed by atoms with Gasteiger partial charge in [-0.25, -0.2) is 4.98 Å². The molecular formula is C11H10N2OS. The van der Waals surface area contributed by atoms with Gasteiger partial charge in [0, 0.05) is 18.1 Å². The molecule has 4 heteroatoms. The zero-order valence-electron chi connectivity index (χ0n) is 8.01. The van der Waals surface area contributed by atoms with Crippen molar-refractivity contribution in [3.05, 3.63) is 52.5 Å². The van der Waals surface area contributed by atoms with E-state index in [1.807, 2.05) is 30.3 Å². The Morgan fingerprint density at radius 1 is 1.33 bits per heavy atom. The number of carbonyl (C=O) groups is 1. The maximum atomic E-state index is 11.5. The summed E-state index contributed by atoms with van der Waals surface area (Å²) in [6.07, 6.45) is 1.63. The summed E-state index contributed by atoms with van der Waals surface area (Å²) in [5, 5.41) is 5.10. The number of hydrogen-bond donors (Lipinski definition) is 1. The average Bonchev–Trinajstić information content (AvgIpc) is 2.81. The molecule has 2 aromatic rings. The van der Waals surface area contributed by atoms with Crippen LogP contribution in [0.2, 0.25) is 0 Å². The van der Waals surface area contributed by atoms with E-state index in [4.69, 9.17) is 0 Å². The van der Waals surface area contributed by atoms with Gasteiger partial charge in [-0.2, -0.15) is 0 Å². The summed E-state index contributed by atoms with van der Waals surface area (Å²) in [6.45, 7) is 0.541. The Morgan fingerprint density at radius 2 is 2.13 bits per heavy atom. The highest BCUT2D eigenvalue weighted by atomic mass is 32.1. The molecule has 1 heterocycles. The highest BCUT2D eigenvalue weighted by Gasteiger charge is 2.06. The number of aromatic nitrogens is 1. The minimum absolute atomic E-state index is 0.117. The molecule has 0 aliphatic carbocycles. The molecule has 0 bridgehead atoms. The third-order valence-corrected chi connectivity index (χ3v) is 2.69. The standard InChI is InChI=1S/C11H10N2OS/c14-10(11-12-6-7-15-11)13-8-9-4-2-1-3-5-9/h1-7H,8H2,(H,13,14). The van der Waals surface area contributed by atoms with Crippen LogP contribution in [0.3, 0.4) is 0 Å². The molecule has 0 spiro atoms. The van der Waals surface area contributed by atoms with Crippen molar-refractivity contribution in [3.8, 4) is 0 Å². The average molecular weight is 218 g/mol. The van der Waals surface area contributed by atoms with Gasteiger partial charge in [0.05, 0.1) is 0 Å². The first-order chi connectivity index (χ1) is 7.36. The molecule has 3 nitrogen and oxygen atoms in total. The van der Waals surface area contributed by atoms with Gasteiger partial charge >= 0.3 is 0 Å². The van der Waals surface area contributed by atoms with Crippen LogP contribution in [-0.2, 0) is 6.54 Å². The smallest absolute Gasteiger partial charge is 0.280 e. The first-order valence-corrected chi connectivity index (χ1v) is 5.46. The fourth-order valence-electron chi connectivity index (χ4n) is 1.19. The predicted molar refractivity (Wildman–Crippen MR) is 59.7 cm³/mol. The van der Waals surface area contributed by atoms with Gasteiger partial charge in [-0.05, 0) is 5.56 Å². The predicted octanol–water partition coefficient (Wildman–Crippen LogP) is 2.07. The monoisotopic (exact) mass is 218 g/mol. The van der Waals surface area contributed by atoms with Crippen molar-refractivity contribution >= 4 is 17.2 Å². The number of carbonyl (C=O) groups excluding carboxylic acids is 1. The van der Waals surface area contributed by atoms with Crippen LogP contribution in [-0.4, -0.2) is 10.9 Å². The maximum Gasteiger partial charge on any atom is 0.280 e. The Hall–Kier alpha value is -1.68. The van der Waals surface area contributed by atoms with Gasteiger partial charge in [0.15, 0.2) is 5.01 Å². The van der Waals surface area contributed by atoms with E-state index in [2.05, 4.69) is 10.3 Å². The molecule has 2 rings (SSSR count). The number of nitrogens with zero attached hydrogens (tertiary/aromatic N) is 1. The van der Waals surface area contributed by atoms with Crippen LogP contribution < -0.4 is 5.32 Å². The summed E-state index contributed by atoms with van der Waals surface area (Å²) < 4.78 is 0. The van der Waals surface area contributed by atoms with Crippen LogP contribution in [0.15, 0.2) is 41.9 Å². The van der Waals surface area contributed by atoms with Crippen LogP contribution in [0.4, 0.5) is 0 Å². The normalized spacial score (nSPS) is 9.87. The van der Waals surface area contributed by atoms with E-state index < -0.39 is 0 Å². The molecule has 0 unspecified atom stereocenters. The summed E-state index contributed by atoms with van der Waals surface area (Å²) in [7, 11) is 0. The zero-order valence-corrected chi connectivity index (χ0v) is 8.83. The zero-order chi connectivity index (χ0) is 10.5. The number of nitrogens with one attached hydrogen (secondary N) is 1.